The van der Waals surface area contributed by atoms with E-state index < -0.39 is 5.92 Å². The molecule has 1 aromatic heterocycles. The molecule has 0 saturated carbocycles. The third kappa shape index (κ3) is 3.56. The maximum Gasteiger partial charge on any atom is 0.310 e. The second-order valence-corrected chi connectivity index (χ2v) is 10.6. The SMILES string of the molecule is COc1cc([C@@H]2c3cc4c(cc3[C@@H](Sc3nncs3)[C@H]3COC(=O)[C@H]23)OCO4)cc(OC)c1OC. The first-order valence-electron chi connectivity index (χ1n) is 11.0. The number of esters is 1. The summed E-state index contributed by atoms with van der Waals surface area (Å²) in [6.45, 7) is 0.491. The quantitative estimate of drug-likeness (QED) is 0.448. The Morgan fingerprint density at radius 2 is 1.69 bits per heavy atom. The molecule has 3 aliphatic rings. The predicted octanol–water partition coefficient (Wildman–Crippen LogP) is 4.06. The summed E-state index contributed by atoms with van der Waals surface area (Å²) in [6, 6.07) is 7.82. The number of ether oxygens (including phenoxy) is 6. The third-order valence-corrected chi connectivity index (χ3v) is 8.93. The lowest BCUT2D eigenvalue weighted by molar-refractivity contribution is -0.141. The van der Waals surface area contributed by atoms with E-state index in [1.54, 1.807) is 38.6 Å². The van der Waals surface area contributed by atoms with Crippen molar-refractivity contribution in [3.8, 4) is 28.7 Å². The fourth-order valence-corrected chi connectivity index (χ4v) is 7.27. The van der Waals surface area contributed by atoms with Crippen LogP contribution in [0.2, 0.25) is 0 Å². The molecule has 0 spiro atoms. The van der Waals surface area contributed by atoms with Crippen molar-refractivity contribution in [3.63, 3.8) is 0 Å². The van der Waals surface area contributed by atoms with E-state index in [4.69, 9.17) is 28.4 Å². The highest BCUT2D eigenvalue weighted by molar-refractivity contribution is 8.01. The lowest BCUT2D eigenvalue weighted by Gasteiger charge is -2.38. The van der Waals surface area contributed by atoms with Crippen LogP contribution in [0.25, 0.3) is 0 Å². The second kappa shape index (κ2) is 8.80. The molecule has 4 atom stereocenters. The zero-order valence-corrected chi connectivity index (χ0v) is 20.8. The van der Waals surface area contributed by atoms with Gasteiger partial charge in [-0.25, -0.2) is 0 Å². The van der Waals surface area contributed by atoms with E-state index in [9.17, 15) is 4.79 Å². The highest BCUT2D eigenvalue weighted by atomic mass is 32.2. The molecule has 3 aromatic rings. The van der Waals surface area contributed by atoms with Gasteiger partial charge in [-0.1, -0.05) is 23.1 Å². The van der Waals surface area contributed by atoms with Gasteiger partial charge < -0.3 is 28.4 Å². The van der Waals surface area contributed by atoms with Crippen molar-refractivity contribution in [2.75, 3.05) is 34.7 Å². The van der Waals surface area contributed by atoms with Crippen molar-refractivity contribution in [2.45, 2.75) is 15.5 Å². The van der Waals surface area contributed by atoms with Crippen LogP contribution in [0.1, 0.15) is 27.9 Å². The Morgan fingerprint density at radius 3 is 2.31 bits per heavy atom. The number of hydrogen-bond donors (Lipinski definition) is 0. The van der Waals surface area contributed by atoms with Gasteiger partial charge in [0, 0.05) is 17.1 Å². The highest BCUT2D eigenvalue weighted by Crippen LogP contribution is 2.60. The normalized spacial score (nSPS) is 23.9. The van der Waals surface area contributed by atoms with Gasteiger partial charge in [0.2, 0.25) is 12.5 Å². The van der Waals surface area contributed by atoms with Gasteiger partial charge in [0.15, 0.2) is 27.3 Å². The molecular weight excluding hydrogens is 492 g/mol. The summed E-state index contributed by atoms with van der Waals surface area (Å²) in [4.78, 5) is 13.2. The molecule has 9 nitrogen and oxygen atoms in total. The standard InChI is InChI=1S/C24H22N2O7S2/c1-28-17-4-11(5-18(29-2)21(17)30-3)19-12-6-15-16(33-10-32-15)7-13(12)22(35-24-26-25-9-34-24)14-8-31-23(27)20(14)19/h4-7,9,14,19-20,22H,8,10H2,1-3H3/t14-,19+,20-,22+/m0/s1. The topological polar surface area (TPSA) is 98.2 Å². The number of methoxy groups -OCH3 is 3. The number of benzene rings is 2. The van der Waals surface area contributed by atoms with Crippen LogP contribution in [-0.4, -0.2) is 50.9 Å². The van der Waals surface area contributed by atoms with E-state index in [1.807, 2.05) is 24.3 Å². The van der Waals surface area contributed by atoms with Crippen LogP contribution in [0, 0.1) is 11.8 Å². The van der Waals surface area contributed by atoms with Crippen LogP contribution in [0.3, 0.4) is 0 Å². The minimum absolute atomic E-state index is 0.0674. The fourth-order valence-electron chi connectivity index (χ4n) is 5.27. The van der Waals surface area contributed by atoms with Crippen molar-refractivity contribution in [1.82, 2.24) is 10.2 Å². The van der Waals surface area contributed by atoms with Crippen molar-refractivity contribution in [1.29, 1.82) is 0 Å². The predicted molar refractivity (Wildman–Crippen MR) is 127 cm³/mol. The van der Waals surface area contributed by atoms with Gasteiger partial charge in [0.1, 0.15) is 5.51 Å². The summed E-state index contributed by atoms with van der Waals surface area (Å²) in [6.07, 6.45) is 0. The molecule has 1 aliphatic carbocycles. The average Bonchev–Trinajstić information content (AvgIpc) is 3.64. The van der Waals surface area contributed by atoms with Crippen molar-refractivity contribution >= 4 is 29.1 Å². The molecule has 11 heteroatoms. The van der Waals surface area contributed by atoms with Gasteiger partial charge in [-0.2, -0.15) is 0 Å². The Hall–Kier alpha value is -3.18. The molecule has 2 aliphatic heterocycles. The lowest BCUT2D eigenvalue weighted by Crippen LogP contribution is -2.33. The van der Waals surface area contributed by atoms with E-state index in [-0.39, 0.29) is 29.8 Å². The van der Waals surface area contributed by atoms with Crippen LogP contribution in [-0.2, 0) is 9.53 Å². The van der Waals surface area contributed by atoms with Gasteiger partial charge >= 0.3 is 5.97 Å². The molecule has 0 unspecified atom stereocenters. The highest BCUT2D eigenvalue weighted by Gasteiger charge is 2.53. The van der Waals surface area contributed by atoms with Crippen LogP contribution >= 0.6 is 23.1 Å². The number of rotatable bonds is 6. The van der Waals surface area contributed by atoms with Crippen molar-refractivity contribution in [2.24, 2.45) is 11.8 Å². The molecule has 6 rings (SSSR count). The van der Waals surface area contributed by atoms with Gasteiger partial charge in [0.25, 0.3) is 0 Å². The molecule has 2 aromatic carbocycles. The number of aromatic nitrogens is 2. The zero-order valence-electron chi connectivity index (χ0n) is 19.2. The van der Waals surface area contributed by atoms with E-state index in [0.717, 1.165) is 21.0 Å². The second-order valence-electron chi connectivity index (χ2n) is 8.33. The molecule has 35 heavy (non-hydrogen) atoms. The molecule has 182 valence electrons. The van der Waals surface area contributed by atoms with Gasteiger partial charge in [-0.05, 0) is 41.0 Å². The number of fused-ring (bicyclic) bond motifs is 3. The van der Waals surface area contributed by atoms with E-state index in [0.29, 0.717) is 35.4 Å². The van der Waals surface area contributed by atoms with E-state index in [2.05, 4.69) is 10.2 Å². The molecule has 0 radical (unpaired) electrons. The molecule has 1 fully saturated rings. The molecule has 0 N–H and O–H groups in total. The Balaban J connectivity index is 1.56. The van der Waals surface area contributed by atoms with Crippen LogP contribution < -0.4 is 23.7 Å². The Morgan fingerprint density at radius 1 is 0.971 bits per heavy atom. The first kappa shape index (κ1) is 22.3. The third-order valence-electron chi connectivity index (χ3n) is 6.73. The fraction of sp³-hybridized carbons (Fsp3) is 0.375. The van der Waals surface area contributed by atoms with Crippen molar-refractivity contribution in [3.05, 3.63) is 46.5 Å². The Kier molecular flexibility index (Phi) is 5.60. The van der Waals surface area contributed by atoms with E-state index >= 15 is 0 Å². The van der Waals surface area contributed by atoms with Crippen molar-refractivity contribution < 1.29 is 33.2 Å². The number of hydrogen-bond acceptors (Lipinski definition) is 11. The number of thioether (sulfide) groups is 1. The van der Waals surface area contributed by atoms with Crippen LogP contribution in [0.4, 0.5) is 0 Å². The van der Waals surface area contributed by atoms with Gasteiger partial charge in [-0.3, -0.25) is 4.79 Å². The Labute approximate surface area is 209 Å². The first-order chi connectivity index (χ1) is 17.1. The smallest absolute Gasteiger partial charge is 0.310 e. The number of cyclic esters (lactones) is 1. The molecule has 3 heterocycles. The largest absolute Gasteiger partial charge is 0.493 e. The summed E-state index contributed by atoms with van der Waals surface area (Å²) in [5.74, 6) is 1.89. The summed E-state index contributed by atoms with van der Waals surface area (Å²) >= 11 is 3.08. The minimum atomic E-state index is -0.406. The first-order valence-corrected chi connectivity index (χ1v) is 12.7. The lowest BCUT2D eigenvalue weighted by atomic mass is 9.67. The van der Waals surface area contributed by atoms with E-state index in [1.165, 1.54) is 11.3 Å². The number of carbonyl (C=O) groups excluding carboxylic acids is 1. The van der Waals surface area contributed by atoms with Gasteiger partial charge in [0.05, 0.1) is 33.9 Å². The monoisotopic (exact) mass is 514 g/mol. The minimum Gasteiger partial charge on any atom is -0.493 e. The zero-order chi connectivity index (χ0) is 24.1. The van der Waals surface area contributed by atoms with Crippen LogP contribution in [0.15, 0.2) is 34.1 Å². The maximum atomic E-state index is 13.2. The number of carbonyl (C=O) groups is 1. The molecular formula is C24H22N2O7S2. The molecule has 1 saturated heterocycles. The summed E-state index contributed by atoms with van der Waals surface area (Å²) in [5, 5.41) is 8.15. The summed E-state index contributed by atoms with van der Waals surface area (Å²) in [7, 11) is 4.72. The molecule has 0 bridgehead atoms. The van der Waals surface area contributed by atoms with Crippen LogP contribution in [0.5, 0.6) is 28.7 Å². The van der Waals surface area contributed by atoms with Gasteiger partial charge in [-0.15, -0.1) is 10.2 Å². The molecule has 0 amide bonds. The average molecular weight is 515 g/mol. The number of nitrogens with zero attached hydrogens (tertiary/aromatic N) is 2. The Bertz CT molecular complexity index is 1260. The maximum absolute atomic E-state index is 13.2. The summed E-state index contributed by atoms with van der Waals surface area (Å²) < 4.78 is 34.7. The summed E-state index contributed by atoms with van der Waals surface area (Å²) in [5.41, 5.74) is 4.62.